The zero-order chi connectivity index (χ0) is 16.3. The first kappa shape index (κ1) is 15.8. The molecule has 1 aliphatic rings. The van der Waals surface area contributed by atoms with E-state index in [0.29, 0.717) is 11.1 Å². The van der Waals surface area contributed by atoms with Gasteiger partial charge in [-0.15, -0.1) is 0 Å². The lowest BCUT2D eigenvalue weighted by molar-refractivity contribution is -1.12. The number of aliphatic carboxylic acids is 1. The first-order chi connectivity index (χ1) is 10.3. The molecule has 2 amide bonds. The van der Waals surface area contributed by atoms with E-state index < -0.39 is 28.6 Å². The normalized spacial score (nSPS) is 16.6. The third kappa shape index (κ3) is 3.35. The van der Waals surface area contributed by atoms with E-state index >= 15 is 0 Å². The molecule has 0 aromatic heterocycles. The summed E-state index contributed by atoms with van der Waals surface area (Å²) in [6, 6.07) is 6.17. The number of carboxylic acids is 1. The molecule has 0 saturated carbocycles. The number of carbonyl (C=O) groups is 4. The standard InChI is InChI=1S/C14H13NO7/c16-11-5-6-12(17)15(11,21)22-14(20)8-10-3-1-9(2-4-10)7-13(18)19/h1-4,21H,5-8H2/p+1. The first-order valence-corrected chi connectivity index (χ1v) is 6.52. The van der Waals surface area contributed by atoms with Crippen molar-refractivity contribution in [3.63, 3.8) is 0 Å². The second-order valence-electron chi connectivity index (χ2n) is 4.89. The second-order valence-corrected chi connectivity index (χ2v) is 4.89. The quantitative estimate of drug-likeness (QED) is 0.458. The fourth-order valence-corrected chi connectivity index (χ4v) is 2.05. The van der Waals surface area contributed by atoms with Crippen LogP contribution in [0.5, 0.6) is 0 Å². The molecule has 0 aliphatic carbocycles. The molecule has 0 atom stereocenters. The average Bonchev–Trinajstić information content (AvgIpc) is 2.68. The number of nitrogens with zero attached hydrogens (tertiary/aromatic N) is 1. The van der Waals surface area contributed by atoms with E-state index in [9.17, 15) is 24.4 Å². The van der Waals surface area contributed by atoms with Gasteiger partial charge in [-0.05, 0) is 11.1 Å². The minimum atomic E-state index is -1.93. The van der Waals surface area contributed by atoms with E-state index in [1.54, 1.807) is 12.1 Å². The van der Waals surface area contributed by atoms with Crippen LogP contribution in [0.4, 0.5) is 0 Å². The van der Waals surface area contributed by atoms with E-state index in [4.69, 9.17) is 5.11 Å². The lowest BCUT2D eigenvalue weighted by atomic mass is 10.1. The van der Waals surface area contributed by atoms with Crippen LogP contribution in [-0.4, -0.2) is 38.9 Å². The zero-order valence-corrected chi connectivity index (χ0v) is 11.5. The van der Waals surface area contributed by atoms with E-state index in [0.717, 1.165) is 0 Å². The summed E-state index contributed by atoms with van der Waals surface area (Å²) in [5.41, 5.74) is 1.07. The SMILES string of the molecule is O=C(O)Cc1ccc(CC(=O)O[N+]2(O)C(=O)CCC2=O)cc1. The third-order valence-corrected chi connectivity index (χ3v) is 3.19. The molecule has 2 N–H and O–H groups in total. The number of benzene rings is 1. The largest absolute Gasteiger partial charge is 0.481 e. The van der Waals surface area contributed by atoms with Gasteiger partial charge in [0.1, 0.15) is 4.81 Å². The zero-order valence-electron chi connectivity index (χ0n) is 11.5. The van der Waals surface area contributed by atoms with Gasteiger partial charge in [0, 0.05) is 0 Å². The Kier molecular flexibility index (Phi) is 4.34. The van der Waals surface area contributed by atoms with Crippen LogP contribution in [0.25, 0.3) is 0 Å². The number of imide groups is 1. The topological polar surface area (TPSA) is 118 Å². The van der Waals surface area contributed by atoms with Gasteiger partial charge < -0.3 is 5.11 Å². The molecule has 0 bridgehead atoms. The lowest BCUT2D eigenvalue weighted by Gasteiger charge is -2.15. The molecule has 2 rings (SSSR count). The maximum absolute atomic E-state index is 11.7. The number of hydrogen-bond donors (Lipinski definition) is 2. The smallest absolute Gasteiger partial charge is 0.397 e. The van der Waals surface area contributed by atoms with Crippen molar-refractivity contribution in [2.24, 2.45) is 0 Å². The summed E-state index contributed by atoms with van der Waals surface area (Å²) in [7, 11) is 0. The number of rotatable bonds is 5. The number of hydrogen-bond acceptors (Lipinski definition) is 6. The molecule has 0 spiro atoms. The van der Waals surface area contributed by atoms with Gasteiger partial charge in [-0.3, -0.25) is 4.79 Å². The average molecular weight is 308 g/mol. The fraction of sp³-hybridized carbons (Fsp3) is 0.286. The molecule has 1 heterocycles. The van der Waals surface area contributed by atoms with E-state index in [1.807, 2.05) is 0 Å². The molecule has 8 heteroatoms. The molecular formula is C14H14NO7+. The van der Waals surface area contributed by atoms with Crippen LogP contribution < -0.4 is 0 Å². The summed E-state index contributed by atoms with van der Waals surface area (Å²) in [6.07, 6.45) is -0.738. The summed E-state index contributed by atoms with van der Waals surface area (Å²) in [5, 5.41) is 18.4. The predicted molar refractivity (Wildman–Crippen MR) is 68.9 cm³/mol. The molecule has 22 heavy (non-hydrogen) atoms. The van der Waals surface area contributed by atoms with Crippen molar-refractivity contribution in [1.29, 1.82) is 0 Å². The van der Waals surface area contributed by atoms with Gasteiger partial charge in [-0.2, -0.15) is 5.21 Å². The summed E-state index contributed by atoms with van der Waals surface area (Å²) in [4.78, 5) is 47.8. The van der Waals surface area contributed by atoms with Crippen LogP contribution in [0.3, 0.4) is 0 Å². The number of carboxylic acid groups (broad SMARTS) is 1. The lowest BCUT2D eigenvalue weighted by Crippen LogP contribution is -2.50. The fourth-order valence-electron chi connectivity index (χ4n) is 2.05. The van der Waals surface area contributed by atoms with Crippen molar-refractivity contribution in [3.8, 4) is 0 Å². The minimum Gasteiger partial charge on any atom is -0.481 e. The van der Waals surface area contributed by atoms with E-state index in [-0.39, 0.29) is 25.7 Å². The summed E-state index contributed by atoms with van der Waals surface area (Å²) < 4.78 is 0. The molecule has 1 saturated heterocycles. The Labute approximate surface area is 125 Å². The molecular weight excluding hydrogens is 294 g/mol. The van der Waals surface area contributed by atoms with Crippen molar-refractivity contribution in [3.05, 3.63) is 35.4 Å². The monoisotopic (exact) mass is 308 g/mol. The van der Waals surface area contributed by atoms with Crippen molar-refractivity contribution in [1.82, 2.24) is 0 Å². The van der Waals surface area contributed by atoms with Crippen molar-refractivity contribution < 1.29 is 39.1 Å². The Hall–Kier alpha value is -2.58. The first-order valence-electron chi connectivity index (χ1n) is 6.52. The Morgan fingerprint density at radius 1 is 1.00 bits per heavy atom. The Morgan fingerprint density at radius 3 is 1.91 bits per heavy atom. The Bertz CT molecular complexity index is 619. The van der Waals surface area contributed by atoms with Gasteiger partial charge in [0.25, 0.3) is 0 Å². The van der Waals surface area contributed by atoms with Crippen LogP contribution in [0, 0.1) is 0 Å². The van der Waals surface area contributed by atoms with Gasteiger partial charge in [-0.1, -0.05) is 24.3 Å². The van der Waals surface area contributed by atoms with Gasteiger partial charge in [0.05, 0.1) is 25.7 Å². The van der Waals surface area contributed by atoms with Crippen LogP contribution in [0.1, 0.15) is 24.0 Å². The third-order valence-electron chi connectivity index (χ3n) is 3.19. The molecule has 1 fully saturated rings. The molecule has 0 unspecified atom stereocenters. The van der Waals surface area contributed by atoms with Gasteiger partial charge in [0.15, 0.2) is 0 Å². The molecule has 116 valence electrons. The Balaban J connectivity index is 1.99. The van der Waals surface area contributed by atoms with Gasteiger partial charge in [0.2, 0.25) is 0 Å². The number of amides is 2. The number of carbonyl (C=O) groups excluding carboxylic acids is 3. The van der Waals surface area contributed by atoms with Crippen LogP contribution in [0.2, 0.25) is 0 Å². The summed E-state index contributed by atoms with van der Waals surface area (Å²) >= 11 is 0. The molecule has 8 nitrogen and oxygen atoms in total. The molecule has 1 aliphatic heterocycles. The second kappa shape index (κ2) is 6.04. The van der Waals surface area contributed by atoms with Crippen LogP contribution >= 0.6 is 0 Å². The highest BCUT2D eigenvalue weighted by Crippen LogP contribution is 2.21. The number of hydroxylamine groups is 4. The van der Waals surface area contributed by atoms with Crippen LogP contribution in [-0.2, 0) is 36.9 Å². The van der Waals surface area contributed by atoms with Crippen LogP contribution in [0.15, 0.2) is 24.3 Å². The summed E-state index contributed by atoms with van der Waals surface area (Å²) in [6.45, 7) is 0. The van der Waals surface area contributed by atoms with E-state index in [2.05, 4.69) is 4.84 Å². The maximum Gasteiger partial charge on any atom is 0.397 e. The molecule has 1 aromatic rings. The number of quaternary nitrogens is 1. The van der Waals surface area contributed by atoms with Crippen molar-refractivity contribution >= 4 is 23.8 Å². The minimum absolute atomic E-state index is 0.135. The van der Waals surface area contributed by atoms with Crippen molar-refractivity contribution in [2.75, 3.05) is 0 Å². The van der Waals surface area contributed by atoms with Gasteiger partial charge >= 0.3 is 23.8 Å². The highest BCUT2D eigenvalue weighted by atomic mass is 17.0. The molecule has 0 radical (unpaired) electrons. The maximum atomic E-state index is 11.7. The highest BCUT2D eigenvalue weighted by Gasteiger charge is 2.55. The van der Waals surface area contributed by atoms with Gasteiger partial charge in [-0.25, -0.2) is 19.2 Å². The Morgan fingerprint density at radius 2 is 1.45 bits per heavy atom. The highest BCUT2D eigenvalue weighted by molar-refractivity contribution is 5.91. The predicted octanol–water partition coefficient (Wildman–Crippen LogP) is 0.367. The molecule has 1 aromatic carbocycles. The summed E-state index contributed by atoms with van der Waals surface area (Å²) in [5.74, 6) is -3.66. The van der Waals surface area contributed by atoms with E-state index in [1.165, 1.54) is 12.1 Å². The van der Waals surface area contributed by atoms with Crippen molar-refractivity contribution in [2.45, 2.75) is 25.7 Å².